The molecule has 0 atom stereocenters. The highest BCUT2D eigenvalue weighted by Crippen LogP contribution is 2.38. The minimum Gasteiger partial charge on any atom is -0.506 e. The van der Waals surface area contributed by atoms with Crippen LogP contribution in [0, 0.1) is 5.92 Å². The van der Waals surface area contributed by atoms with Crippen LogP contribution in [-0.2, 0) is 20.0 Å². The molecule has 1 aliphatic heterocycles. The lowest BCUT2D eigenvalue weighted by atomic mass is 10.0. The van der Waals surface area contributed by atoms with Gasteiger partial charge >= 0.3 is 0 Å². The fraction of sp³-hybridized carbons (Fsp3) is 0.400. The molecule has 1 aromatic carbocycles. The molecule has 1 aliphatic carbocycles. The molecule has 33 heavy (non-hydrogen) atoms. The van der Waals surface area contributed by atoms with E-state index >= 15 is 0 Å². The Bertz CT molecular complexity index is 1400. The number of imidazole rings is 1. The molecule has 0 spiro atoms. The lowest BCUT2D eigenvalue weighted by Crippen LogP contribution is -2.38. The van der Waals surface area contributed by atoms with Crippen LogP contribution in [-0.4, -0.2) is 54.8 Å². The first-order chi connectivity index (χ1) is 16.0. The van der Waals surface area contributed by atoms with Crippen molar-refractivity contribution in [3.63, 3.8) is 0 Å². The summed E-state index contributed by atoms with van der Waals surface area (Å²) in [7, 11) is 1.95. The third-order valence-electron chi connectivity index (χ3n) is 6.89. The summed E-state index contributed by atoms with van der Waals surface area (Å²) in [4.78, 5) is 24.4. The summed E-state index contributed by atoms with van der Waals surface area (Å²) >= 11 is 0. The van der Waals surface area contributed by atoms with Gasteiger partial charge in [0, 0.05) is 38.5 Å². The summed E-state index contributed by atoms with van der Waals surface area (Å²) in [5.41, 5.74) is 4.51. The van der Waals surface area contributed by atoms with Crippen molar-refractivity contribution >= 4 is 28.0 Å². The van der Waals surface area contributed by atoms with E-state index in [0.717, 1.165) is 40.3 Å². The maximum absolute atomic E-state index is 13.0. The zero-order valence-electron chi connectivity index (χ0n) is 18.6. The number of alkyl halides is 1. The third kappa shape index (κ3) is 3.27. The number of aromatic nitrogens is 4. The van der Waals surface area contributed by atoms with E-state index in [1.807, 2.05) is 29.8 Å². The molecule has 6 rings (SSSR count). The number of phenols is 1. The Morgan fingerprint density at radius 3 is 2.85 bits per heavy atom. The molecule has 4 aromatic rings. The van der Waals surface area contributed by atoms with Crippen LogP contribution in [0.15, 0.2) is 30.3 Å². The van der Waals surface area contributed by atoms with Crippen LogP contribution in [0.3, 0.4) is 0 Å². The molecule has 2 aliphatic rings. The molecule has 1 fully saturated rings. The van der Waals surface area contributed by atoms with Gasteiger partial charge in [-0.15, -0.1) is 0 Å². The van der Waals surface area contributed by atoms with Crippen LogP contribution in [0.25, 0.3) is 33.6 Å². The van der Waals surface area contributed by atoms with Crippen molar-refractivity contribution in [3.8, 4) is 17.3 Å². The lowest BCUT2D eigenvalue weighted by molar-refractivity contribution is 0.0733. The SMILES string of the molecule is Cn1c(-c2cc3cccc(O)c3n2CC2CC2)nc2cc3c(nc21)CCN(CCCF)C3=O. The molecular formula is C25H26FN5O2. The van der Waals surface area contributed by atoms with Gasteiger partial charge in [0.2, 0.25) is 0 Å². The molecular weight excluding hydrogens is 421 g/mol. The van der Waals surface area contributed by atoms with Gasteiger partial charge in [-0.2, -0.15) is 0 Å². The van der Waals surface area contributed by atoms with Gasteiger partial charge in [-0.3, -0.25) is 9.18 Å². The summed E-state index contributed by atoms with van der Waals surface area (Å²) in [6, 6.07) is 9.49. The van der Waals surface area contributed by atoms with Crippen molar-refractivity contribution in [2.75, 3.05) is 19.8 Å². The molecule has 4 heterocycles. The molecule has 8 heteroatoms. The van der Waals surface area contributed by atoms with E-state index < -0.39 is 6.67 Å². The second-order valence-electron chi connectivity index (χ2n) is 9.20. The Hall–Kier alpha value is -3.42. The lowest BCUT2D eigenvalue weighted by Gasteiger charge is -2.27. The number of nitrogens with zero attached hydrogens (tertiary/aromatic N) is 5. The van der Waals surface area contributed by atoms with Crippen LogP contribution in [0.2, 0.25) is 0 Å². The van der Waals surface area contributed by atoms with E-state index in [1.165, 1.54) is 12.8 Å². The Morgan fingerprint density at radius 1 is 1.21 bits per heavy atom. The number of hydrogen-bond donors (Lipinski definition) is 1. The molecule has 1 amide bonds. The van der Waals surface area contributed by atoms with Gasteiger partial charge in [-0.05, 0) is 43.4 Å². The van der Waals surface area contributed by atoms with Gasteiger partial charge in [0.15, 0.2) is 11.5 Å². The Morgan fingerprint density at radius 2 is 2.06 bits per heavy atom. The molecule has 0 bridgehead atoms. The van der Waals surface area contributed by atoms with Gasteiger partial charge < -0.3 is 19.1 Å². The number of rotatable bonds is 6. The molecule has 0 radical (unpaired) electrons. The average Bonchev–Trinajstić information content (AvgIpc) is 3.48. The number of para-hydroxylation sites is 1. The zero-order chi connectivity index (χ0) is 22.7. The smallest absolute Gasteiger partial charge is 0.255 e. The predicted molar refractivity (Wildman–Crippen MR) is 124 cm³/mol. The molecule has 3 aromatic heterocycles. The first kappa shape index (κ1) is 20.2. The van der Waals surface area contributed by atoms with Crippen molar-refractivity contribution in [1.29, 1.82) is 0 Å². The predicted octanol–water partition coefficient (Wildman–Crippen LogP) is 4.06. The van der Waals surface area contributed by atoms with Gasteiger partial charge in [-0.1, -0.05) is 12.1 Å². The van der Waals surface area contributed by atoms with Crippen LogP contribution >= 0.6 is 0 Å². The quantitative estimate of drug-likeness (QED) is 0.484. The number of pyridine rings is 1. The summed E-state index contributed by atoms with van der Waals surface area (Å²) < 4.78 is 16.8. The number of aromatic hydroxyl groups is 1. The minimum absolute atomic E-state index is 0.0981. The number of halogens is 1. The number of hydrogen-bond acceptors (Lipinski definition) is 4. The molecule has 1 saturated carbocycles. The first-order valence-electron chi connectivity index (χ1n) is 11.6. The van der Waals surface area contributed by atoms with Crippen LogP contribution in [0.4, 0.5) is 4.39 Å². The number of aryl methyl sites for hydroxylation is 1. The number of phenolic OH excluding ortho intramolecular Hbond substituents is 1. The van der Waals surface area contributed by atoms with Crippen molar-refractivity contribution in [2.24, 2.45) is 13.0 Å². The molecule has 7 nitrogen and oxygen atoms in total. The Kier molecular flexibility index (Phi) is 4.64. The van der Waals surface area contributed by atoms with Gasteiger partial charge in [-0.25, -0.2) is 9.97 Å². The monoisotopic (exact) mass is 447 g/mol. The maximum atomic E-state index is 13.0. The Balaban J connectivity index is 1.48. The van der Waals surface area contributed by atoms with Crippen molar-refractivity contribution < 1.29 is 14.3 Å². The highest BCUT2D eigenvalue weighted by Gasteiger charge is 2.29. The normalized spacial score (nSPS) is 16.2. The standard InChI is InChI=1S/C25H26FN5O2/c1-29-23-19(13-17-18(27-23)8-11-30(25(17)33)10-3-9-26)28-24(29)20-12-16-4-2-5-21(32)22(16)31(20)14-15-6-7-15/h2,4-5,12-13,15,32H,3,6-11,14H2,1H3. The summed E-state index contributed by atoms with van der Waals surface area (Å²) in [5, 5.41) is 11.6. The van der Waals surface area contributed by atoms with Crippen LogP contribution < -0.4 is 0 Å². The summed E-state index contributed by atoms with van der Waals surface area (Å²) in [6.45, 7) is 1.39. The highest BCUT2D eigenvalue weighted by atomic mass is 19.1. The van der Waals surface area contributed by atoms with E-state index in [0.29, 0.717) is 42.9 Å². The van der Waals surface area contributed by atoms with Gasteiger partial charge in [0.25, 0.3) is 5.91 Å². The number of carbonyl (C=O) groups excluding carboxylic acids is 1. The van der Waals surface area contributed by atoms with Crippen molar-refractivity contribution in [3.05, 3.63) is 41.6 Å². The zero-order valence-corrected chi connectivity index (χ0v) is 18.6. The van der Waals surface area contributed by atoms with E-state index in [2.05, 4.69) is 10.6 Å². The van der Waals surface area contributed by atoms with Gasteiger partial charge in [0.1, 0.15) is 11.3 Å². The topological polar surface area (TPSA) is 76.2 Å². The van der Waals surface area contributed by atoms with E-state index in [1.54, 1.807) is 11.0 Å². The number of fused-ring (bicyclic) bond motifs is 3. The summed E-state index contributed by atoms with van der Waals surface area (Å²) in [5.74, 6) is 1.55. The highest BCUT2D eigenvalue weighted by molar-refractivity contribution is 5.99. The van der Waals surface area contributed by atoms with Crippen molar-refractivity contribution in [1.82, 2.24) is 24.0 Å². The molecule has 1 N–H and O–H groups in total. The van der Waals surface area contributed by atoms with Crippen molar-refractivity contribution in [2.45, 2.75) is 32.2 Å². The fourth-order valence-electron chi connectivity index (χ4n) is 4.97. The second-order valence-corrected chi connectivity index (χ2v) is 9.20. The minimum atomic E-state index is -0.429. The number of amides is 1. The molecule has 0 unspecified atom stereocenters. The summed E-state index contributed by atoms with van der Waals surface area (Å²) in [6.07, 6.45) is 3.40. The third-order valence-corrected chi connectivity index (χ3v) is 6.89. The largest absolute Gasteiger partial charge is 0.506 e. The van der Waals surface area contributed by atoms with E-state index in [4.69, 9.17) is 9.97 Å². The fourth-order valence-corrected chi connectivity index (χ4v) is 4.97. The van der Waals surface area contributed by atoms with E-state index in [-0.39, 0.29) is 11.7 Å². The average molecular weight is 448 g/mol. The second kappa shape index (κ2) is 7.57. The van der Waals surface area contributed by atoms with Gasteiger partial charge in [0.05, 0.1) is 29.1 Å². The number of benzene rings is 1. The van der Waals surface area contributed by atoms with E-state index in [9.17, 15) is 14.3 Å². The Labute approximate surface area is 190 Å². The number of carbonyl (C=O) groups is 1. The first-order valence-corrected chi connectivity index (χ1v) is 11.6. The maximum Gasteiger partial charge on any atom is 0.255 e. The van der Waals surface area contributed by atoms with Crippen LogP contribution in [0.1, 0.15) is 35.3 Å². The van der Waals surface area contributed by atoms with Crippen LogP contribution in [0.5, 0.6) is 5.75 Å². The molecule has 0 saturated heterocycles. The molecule has 170 valence electrons.